The molecule has 0 saturated carbocycles. The molecule has 0 aliphatic carbocycles. The van der Waals surface area contributed by atoms with Crippen LogP contribution in [0.2, 0.25) is 0 Å². The lowest BCUT2D eigenvalue weighted by Crippen LogP contribution is -2.32. The standard InChI is InChI=1S/C12H18N2O2S/c1-3-5-9-8(4-2)6-10(17-9)12(16)14-7-11(13)15/h6H,3-5,7H2,1-2H3,(H2,13,15)(H,14,16). The predicted octanol–water partition coefficient (Wildman–Crippen LogP) is 1.48. The fourth-order valence-corrected chi connectivity index (χ4v) is 2.84. The maximum absolute atomic E-state index is 11.7. The van der Waals surface area contributed by atoms with E-state index in [2.05, 4.69) is 19.2 Å². The second-order valence-electron chi connectivity index (χ2n) is 3.81. The van der Waals surface area contributed by atoms with E-state index >= 15 is 0 Å². The molecule has 0 saturated heterocycles. The molecule has 0 atom stereocenters. The zero-order valence-corrected chi connectivity index (χ0v) is 11.0. The number of hydrogen-bond donors (Lipinski definition) is 2. The minimum Gasteiger partial charge on any atom is -0.368 e. The zero-order chi connectivity index (χ0) is 12.8. The van der Waals surface area contributed by atoms with Crippen molar-refractivity contribution in [2.75, 3.05) is 6.54 Å². The molecule has 1 aromatic heterocycles. The molecule has 1 aromatic rings. The summed E-state index contributed by atoms with van der Waals surface area (Å²) in [6.07, 6.45) is 2.99. The van der Waals surface area contributed by atoms with Gasteiger partial charge in [-0.3, -0.25) is 9.59 Å². The van der Waals surface area contributed by atoms with Crippen LogP contribution in [-0.2, 0) is 17.6 Å². The third kappa shape index (κ3) is 3.85. The molecule has 0 bridgehead atoms. The Bertz CT molecular complexity index is 413. The molecule has 0 aliphatic heterocycles. The number of carbonyl (C=O) groups excluding carboxylic acids is 2. The molecule has 94 valence electrons. The first-order valence-corrected chi connectivity index (χ1v) is 6.58. The van der Waals surface area contributed by atoms with Crippen molar-refractivity contribution in [1.82, 2.24) is 5.32 Å². The molecular weight excluding hydrogens is 236 g/mol. The van der Waals surface area contributed by atoms with Crippen molar-refractivity contribution < 1.29 is 9.59 Å². The first-order valence-electron chi connectivity index (χ1n) is 5.76. The average molecular weight is 254 g/mol. The molecular formula is C12H18N2O2S. The molecule has 1 heterocycles. The number of rotatable bonds is 6. The minimum absolute atomic E-state index is 0.110. The van der Waals surface area contributed by atoms with Crippen LogP contribution in [0.15, 0.2) is 6.07 Å². The molecule has 0 aliphatic rings. The molecule has 0 spiro atoms. The monoisotopic (exact) mass is 254 g/mol. The maximum Gasteiger partial charge on any atom is 0.261 e. The van der Waals surface area contributed by atoms with Gasteiger partial charge in [-0.2, -0.15) is 0 Å². The molecule has 4 nitrogen and oxygen atoms in total. The third-order valence-corrected chi connectivity index (χ3v) is 3.64. The highest BCUT2D eigenvalue weighted by molar-refractivity contribution is 7.14. The van der Waals surface area contributed by atoms with Gasteiger partial charge in [0.2, 0.25) is 5.91 Å². The van der Waals surface area contributed by atoms with Crippen molar-refractivity contribution in [3.8, 4) is 0 Å². The van der Waals surface area contributed by atoms with Crippen molar-refractivity contribution >= 4 is 23.2 Å². The summed E-state index contributed by atoms with van der Waals surface area (Å²) in [5, 5.41) is 2.50. The molecule has 0 fully saturated rings. The van der Waals surface area contributed by atoms with Crippen molar-refractivity contribution in [2.45, 2.75) is 33.1 Å². The van der Waals surface area contributed by atoms with Gasteiger partial charge in [0.05, 0.1) is 11.4 Å². The SMILES string of the molecule is CCCc1sc(C(=O)NCC(N)=O)cc1CC. The Hall–Kier alpha value is -1.36. The molecule has 0 unspecified atom stereocenters. The Morgan fingerprint density at radius 1 is 1.41 bits per heavy atom. The fraction of sp³-hybridized carbons (Fsp3) is 0.500. The number of primary amides is 1. The predicted molar refractivity (Wildman–Crippen MR) is 69.2 cm³/mol. The highest BCUT2D eigenvalue weighted by Crippen LogP contribution is 2.24. The van der Waals surface area contributed by atoms with Gasteiger partial charge in [0.25, 0.3) is 5.91 Å². The number of nitrogens with one attached hydrogen (secondary N) is 1. The van der Waals surface area contributed by atoms with Gasteiger partial charge in [-0.05, 0) is 24.5 Å². The van der Waals surface area contributed by atoms with Gasteiger partial charge in [-0.15, -0.1) is 11.3 Å². The Labute approximate surface area is 105 Å². The van der Waals surface area contributed by atoms with Gasteiger partial charge in [-0.1, -0.05) is 20.3 Å². The van der Waals surface area contributed by atoms with E-state index in [1.807, 2.05) is 6.07 Å². The minimum atomic E-state index is -0.528. The summed E-state index contributed by atoms with van der Waals surface area (Å²) in [5.41, 5.74) is 6.20. The van der Waals surface area contributed by atoms with Crippen LogP contribution in [0.3, 0.4) is 0 Å². The zero-order valence-electron chi connectivity index (χ0n) is 10.2. The van der Waals surface area contributed by atoms with E-state index in [0.717, 1.165) is 19.3 Å². The van der Waals surface area contributed by atoms with Crippen molar-refractivity contribution in [3.63, 3.8) is 0 Å². The first kappa shape index (κ1) is 13.7. The highest BCUT2D eigenvalue weighted by atomic mass is 32.1. The Morgan fingerprint density at radius 3 is 2.65 bits per heavy atom. The van der Waals surface area contributed by atoms with E-state index in [1.165, 1.54) is 21.8 Å². The van der Waals surface area contributed by atoms with Crippen LogP contribution >= 0.6 is 11.3 Å². The first-order chi connectivity index (χ1) is 8.08. The van der Waals surface area contributed by atoms with Crippen molar-refractivity contribution in [1.29, 1.82) is 0 Å². The summed E-state index contributed by atoms with van der Waals surface area (Å²) in [6.45, 7) is 4.08. The summed E-state index contributed by atoms with van der Waals surface area (Å²) < 4.78 is 0. The maximum atomic E-state index is 11.7. The van der Waals surface area contributed by atoms with Crippen LogP contribution in [-0.4, -0.2) is 18.4 Å². The van der Waals surface area contributed by atoms with Crippen LogP contribution < -0.4 is 11.1 Å². The second kappa shape index (κ2) is 6.39. The Balaban J connectivity index is 2.76. The van der Waals surface area contributed by atoms with Crippen LogP contribution in [0.5, 0.6) is 0 Å². The number of aryl methyl sites for hydroxylation is 2. The molecule has 0 radical (unpaired) electrons. The van der Waals surface area contributed by atoms with E-state index < -0.39 is 5.91 Å². The molecule has 17 heavy (non-hydrogen) atoms. The summed E-state index contributed by atoms with van der Waals surface area (Å²) in [4.78, 5) is 24.2. The Morgan fingerprint density at radius 2 is 2.12 bits per heavy atom. The van der Waals surface area contributed by atoms with Gasteiger partial charge in [0.15, 0.2) is 0 Å². The number of hydrogen-bond acceptors (Lipinski definition) is 3. The van der Waals surface area contributed by atoms with Crippen LogP contribution in [0.4, 0.5) is 0 Å². The lowest BCUT2D eigenvalue weighted by Gasteiger charge is -1.98. The number of amides is 2. The summed E-state index contributed by atoms with van der Waals surface area (Å²) in [6, 6.07) is 1.91. The topological polar surface area (TPSA) is 72.2 Å². The van der Waals surface area contributed by atoms with Gasteiger partial charge in [0.1, 0.15) is 0 Å². The van der Waals surface area contributed by atoms with E-state index in [9.17, 15) is 9.59 Å². The van der Waals surface area contributed by atoms with E-state index in [0.29, 0.717) is 4.88 Å². The van der Waals surface area contributed by atoms with Gasteiger partial charge >= 0.3 is 0 Å². The number of carbonyl (C=O) groups is 2. The van der Waals surface area contributed by atoms with Gasteiger partial charge in [0, 0.05) is 4.88 Å². The number of nitrogens with two attached hydrogens (primary N) is 1. The summed E-state index contributed by atoms with van der Waals surface area (Å²) in [5.74, 6) is -0.745. The van der Waals surface area contributed by atoms with Crippen LogP contribution in [0, 0.1) is 0 Å². The number of thiophene rings is 1. The highest BCUT2D eigenvalue weighted by Gasteiger charge is 2.13. The molecule has 2 amide bonds. The molecule has 5 heteroatoms. The normalized spacial score (nSPS) is 10.2. The second-order valence-corrected chi connectivity index (χ2v) is 4.95. The van der Waals surface area contributed by atoms with E-state index in [4.69, 9.17) is 5.73 Å². The summed E-state index contributed by atoms with van der Waals surface area (Å²) >= 11 is 1.50. The van der Waals surface area contributed by atoms with Gasteiger partial charge < -0.3 is 11.1 Å². The fourth-order valence-electron chi connectivity index (χ4n) is 1.57. The largest absolute Gasteiger partial charge is 0.368 e. The summed E-state index contributed by atoms with van der Waals surface area (Å²) in [7, 11) is 0. The lowest BCUT2D eigenvalue weighted by molar-refractivity contribution is -0.117. The Kier molecular flexibility index (Phi) is 5.15. The average Bonchev–Trinajstić information content (AvgIpc) is 2.69. The van der Waals surface area contributed by atoms with Crippen LogP contribution in [0.1, 0.15) is 40.4 Å². The lowest BCUT2D eigenvalue weighted by atomic mass is 10.1. The molecule has 1 rings (SSSR count). The smallest absolute Gasteiger partial charge is 0.261 e. The van der Waals surface area contributed by atoms with Crippen LogP contribution in [0.25, 0.3) is 0 Å². The van der Waals surface area contributed by atoms with Crippen molar-refractivity contribution in [2.24, 2.45) is 5.73 Å². The molecule has 0 aromatic carbocycles. The van der Waals surface area contributed by atoms with E-state index in [1.54, 1.807) is 0 Å². The van der Waals surface area contributed by atoms with E-state index in [-0.39, 0.29) is 12.5 Å². The quantitative estimate of drug-likeness (QED) is 0.807. The third-order valence-electron chi connectivity index (χ3n) is 2.40. The van der Waals surface area contributed by atoms with Crippen molar-refractivity contribution in [3.05, 3.63) is 21.4 Å². The molecule has 3 N–H and O–H groups in total. The van der Waals surface area contributed by atoms with Gasteiger partial charge in [-0.25, -0.2) is 0 Å².